The van der Waals surface area contributed by atoms with Crippen LogP contribution < -0.4 is 5.32 Å². The van der Waals surface area contributed by atoms with E-state index >= 15 is 0 Å². The van der Waals surface area contributed by atoms with Crippen molar-refractivity contribution in [3.05, 3.63) is 71.9 Å². The number of rotatable bonds is 4. The van der Waals surface area contributed by atoms with Crippen LogP contribution in [0.3, 0.4) is 0 Å². The van der Waals surface area contributed by atoms with Crippen LogP contribution in [0.4, 0.5) is 15.9 Å². The number of carbonyl (C=O) groups is 1. The molecule has 2 aromatic heterocycles. The smallest absolute Gasteiger partial charge is 0.257 e. The van der Waals surface area contributed by atoms with E-state index in [0.717, 1.165) is 18.5 Å². The molecule has 3 aromatic rings. The van der Waals surface area contributed by atoms with E-state index in [0.29, 0.717) is 30.2 Å². The summed E-state index contributed by atoms with van der Waals surface area (Å²) in [5, 5.41) is 9.96. The Morgan fingerprint density at radius 3 is 2.89 bits per heavy atom. The van der Waals surface area contributed by atoms with E-state index in [9.17, 15) is 9.18 Å². The lowest BCUT2D eigenvalue weighted by atomic mass is 9.94. The molecular weight excluding hydrogens is 345 g/mol. The number of carbonyl (C=O) groups excluding carboxylic acids is 1. The molecule has 1 amide bonds. The van der Waals surface area contributed by atoms with Gasteiger partial charge in [-0.15, -0.1) is 0 Å². The lowest BCUT2D eigenvalue weighted by Crippen LogP contribution is -2.39. The van der Waals surface area contributed by atoms with Crippen molar-refractivity contribution in [1.29, 1.82) is 0 Å². The molecule has 1 aliphatic rings. The van der Waals surface area contributed by atoms with E-state index in [1.165, 1.54) is 6.07 Å². The van der Waals surface area contributed by atoms with Gasteiger partial charge in [0.15, 0.2) is 0 Å². The third-order valence-corrected chi connectivity index (χ3v) is 4.84. The number of nitrogens with one attached hydrogen (secondary N) is 2. The zero-order valence-electron chi connectivity index (χ0n) is 14.7. The summed E-state index contributed by atoms with van der Waals surface area (Å²) < 4.78 is 14.0. The predicted octanol–water partition coefficient (Wildman–Crippen LogP) is 3.71. The minimum absolute atomic E-state index is 0.105. The number of hydrogen-bond donors (Lipinski definition) is 2. The van der Waals surface area contributed by atoms with Gasteiger partial charge in [-0.2, -0.15) is 5.10 Å². The number of likely N-dealkylation sites (tertiary alicyclic amines) is 1. The fourth-order valence-electron chi connectivity index (χ4n) is 3.45. The molecule has 1 atom stereocenters. The Kier molecular flexibility index (Phi) is 4.82. The van der Waals surface area contributed by atoms with Gasteiger partial charge in [0, 0.05) is 37.1 Å². The number of pyridine rings is 1. The van der Waals surface area contributed by atoms with Crippen LogP contribution in [-0.4, -0.2) is 39.1 Å². The minimum atomic E-state index is -0.390. The third-order valence-electron chi connectivity index (χ3n) is 4.84. The fourth-order valence-corrected chi connectivity index (χ4v) is 3.45. The monoisotopic (exact) mass is 365 g/mol. The summed E-state index contributed by atoms with van der Waals surface area (Å²) in [6, 6.07) is 11.7. The Morgan fingerprint density at radius 2 is 2.07 bits per heavy atom. The molecule has 138 valence electrons. The molecule has 0 spiro atoms. The third kappa shape index (κ3) is 3.67. The summed E-state index contributed by atoms with van der Waals surface area (Å²) >= 11 is 0. The largest absolute Gasteiger partial charge is 0.338 e. The van der Waals surface area contributed by atoms with Crippen LogP contribution >= 0.6 is 0 Å². The van der Waals surface area contributed by atoms with Crippen molar-refractivity contribution >= 4 is 17.4 Å². The van der Waals surface area contributed by atoms with Crippen LogP contribution in [0.5, 0.6) is 0 Å². The van der Waals surface area contributed by atoms with Crippen molar-refractivity contribution in [2.45, 2.75) is 18.8 Å². The van der Waals surface area contributed by atoms with Crippen molar-refractivity contribution in [2.24, 2.45) is 0 Å². The van der Waals surface area contributed by atoms with E-state index in [1.54, 1.807) is 42.7 Å². The van der Waals surface area contributed by atoms with Gasteiger partial charge >= 0.3 is 0 Å². The summed E-state index contributed by atoms with van der Waals surface area (Å²) in [5.74, 6) is 0.103. The zero-order chi connectivity index (χ0) is 18.6. The van der Waals surface area contributed by atoms with Crippen molar-refractivity contribution in [1.82, 2.24) is 20.1 Å². The summed E-state index contributed by atoms with van der Waals surface area (Å²) in [5.41, 5.74) is 1.77. The maximum atomic E-state index is 14.0. The molecule has 2 N–H and O–H groups in total. The Bertz CT molecular complexity index is 928. The first-order chi connectivity index (χ1) is 13.2. The number of aromatic nitrogens is 3. The van der Waals surface area contributed by atoms with Gasteiger partial charge in [0.1, 0.15) is 11.6 Å². The number of para-hydroxylation sites is 1. The summed E-state index contributed by atoms with van der Waals surface area (Å²) in [4.78, 5) is 19.2. The molecule has 0 saturated carbocycles. The number of aromatic amines is 1. The number of benzene rings is 1. The molecule has 4 rings (SSSR count). The van der Waals surface area contributed by atoms with Gasteiger partial charge in [-0.1, -0.05) is 12.1 Å². The number of amides is 1. The van der Waals surface area contributed by atoms with Crippen LogP contribution in [0, 0.1) is 5.82 Å². The molecule has 1 saturated heterocycles. The molecule has 1 fully saturated rings. The molecule has 0 radical (unpaired) electrons. The lowest BCUT2D eigenvalue weighted by molar-refractivity contribution is 0.0706. The number of nitrogens with zero attached hydrogens (tertiary/aromatic N) is 3. The van der Waals surface area contributed by atoms with Crippen LogP contribution in [-0.2, 0) is 0 Å². The molecular formula is C20H20FN5O. The Hall–Kier alpha value is -3.22. The van der Waals surface area contributed by atoms with Crippen molar-refractivity contribution in [3.8, 4) is 0 Å². The second-order valence-electron chi connectivity index (χ2n) is 6.61. The molecule has 0 aliphatic carbocycles. The van der Waals surface area contributed by atoms with E-state index in [4.69, 9.17) is 0 Å². The number of anilines is 2. The Morgan fingerprint density at radius 1 is 1.19 bits per heavy atom. The van der Waals surface area contributed by atoms with E-state index in [1.807, 2.05) is 11.0 Å². The lowest BCUT2D eigenvalue weighted by Gasteiger charge is -2.32. The van der Waals surface area contributed by atoms with Gasteiger partial charge < -0.3 is 10.2 Å². The van der Waals surface area contributed by atoms with Gasteiger partial charge in [0.2, 0.25) is 0 Å². The number of halogens is 1. The van der Waals surface area contributed by atoms with E-state index < -0.39 is 0 Å². The average Bonchev–Trinajstić information content (AvgIpc) is 3.25. The van der Waals surface area contributed by atoms with Crippen LogP contribution in [0.2, 0.25) is 0 Å². The Labute approximate surface area is 156 Å². The number of hydrogen-bond acceptors (Lipinski definition) is 4. The molecule has 3 heterocycles. The quantitative estimate of drug-likeness (QED) is 0.739. The maximum absolute atomic E-state index is 14.0. The summed E-state index contributed by atoms with van der Waals surface area (Å²) in [7, 11) is 0. The SMILES string of the molecule is O=C(c1cccnc1Nc1ccccc1F)N1CCC[C@H](c2ccn[nH]2)C1. The highest BCUT2D eigenvalue weighted by atomic mass is 19.1. The molecule has 0 unspecified atom stereocenters. The number of piperidine rings is 1. The van der Waals surface area contributed by atoms with Crippen molar-refractivity contribution in [2.75, 3.05) is 18.4 Å². The van der Waals surface area contributed by atoms with Gasteiger partial charge in [0.25, 0.3) is 5.91 Å². The summed E-state index contributed by atoms with van der Waals surface area (Å²) in [6.07, 6.45) is 5.25. The van der Waals surface area contributed by atoms with Gasteiger partial charge in [-0.25, -0.2) is 9.37 Å². The molecule has 7 heteroatoms. The van der Waals surface area contributed by atoms with E-state index in [-0.39, 0.29) is 17.6 Å². The first-order valence-corrected chi connectivity index (χ1v) is 8.97. The van der Waals surface area contributed by atoms with Crippen molar-refractivity contribution in [3.63, 3.8) is 0 Å². The second-order valence-corrected chi connectivity index (χ2v) is 6.61. The minimum Gasteiger partial charge on any atom is -0.338 e. The van der Waals surface area contributed by atoms with Gasteiger partial charge in [-0.05, 0) is 43.2 Å². The average molecular weight is 365 g/mol. The van der Waals surface area contributed by atoms with Crippen LogP contribution in [0.1, 0.15) is 34.8 Å². The molecule has 27 heavy (non-hydrogen) atoms. The molecule has 0 bridgehead atoms. The normalized spacial score (nSPS) is 16.9. The van der Waals surface area contributed by atoms with Crippen molar-refractivity contribution < 1.29 is 9.18 Å². The summed E-state index contributed by atoms with van der Waals surface area (Å²) in [6.45, 7) is 1.31. The van der Waals surface area contributed by atoms with Gasteiger partial charge in [-0.3, -0.25) is 9.89 Å². The zero-order valence-corrected chi connectivity index (χ0v) is 14.7. The highest BCUT2D eigenvalue weighted by molar-refractivity contribution is 5.99. The topological polar surface area (TPSA) is 73.9 Å². The van der Waals surface area contributed by atoms with Gasteiger partial charge in [0.05, 0.1) is 11.3 Å². The Balaban J connectivity index is 1.56. The highest BCUT2D eigenvalue weighted by Crippen LogP contribution is 2.28. The first kappa shape index (κ1) is 17.2. The number of H-pyrrole nitrogens is 1. The van der Waals surface area contributed by atoms with Crippen LogP contribution in [0.15, 0.2) is 54.9 Å². The molecule has 1 aromatic carbocycles. The maximum Gasteiger partial charge on any atom is 0.257 e. The second kappa shape index (κ2) is 7.57. The van der Waals surface area contributed by atoms with Crippen LogP contribution in [0.25, 0.3) is 0 Å². The highest BCUT2D eigenvalue weighted by Gasteiger charge is 2.27. The standard InChI is InChI=1S/C20H20FN5O/c21-16-7-1-2-8-18(16)24-19-15(6-3-10-22-19)20(27)26-12-4-5-14(13-26)17-9-11-23-25-17/h1-3,6-11,14H,4-5,12-13H2,(H,22,24)(H,23,25)/t14-/m0/s1. The van der Waals surface area contributed by atoms with E-state index in [2.05, 4.69) is 20.5 Å². The molecule has 1 aliphatic heterocycles. The predicted molar refractivity (Wildman–Crippen MR) is 100 cm³/mol. The first-order valence-electron chi connectivity index (χ1n) is 8.97. The molecule has 6 nitrogen and oxygen atoms in total. The fraction of sp³-hybridized carbons (Fsp3) is 0.250.